The minimum atomic E-state index is 0.0693. The maximum Gasteiger partial charge on any atom is 0.193 e. The molecule has 0 fully saturated rings. The fraction of sp³-hybridized carbons (Fsp3) is 0.278. The van der Waals surface area contributed by atoms with Crippen molar-refractivity contribution >= 4 is 11.5 Å². The van der Waals surface area contributed by atoms with E-state index in [1.165, 1.54) is 11.1 Å². The van der Waals surface area contributed by atoms with Gasteiger partial charge in [-0.1, -0.05) is 26.0 Å². The monoisotopic (exact) mass is 267 g/mol. The summed E-state index contributed by atoms with van der Waals surface area (Å²) in [6, 6.07) is 11.5. The Morgan fingerprint density at radius 3 is 2.30 bits per heavy atom. The fourth-order valence-corrected chi connectivity index (χ4v) is 2.54. The van der Waals surface area contributed by atoms with Gasteiger partial charge in [0.2, 0.25) is 0 Å². The quantitative estimate of drug-likeness (QED) is 0.673. The molecule has 0 bridgehead atoms. The molecule has 2 rings (SSSR count). The number of nitrogens with two attached hydrogens (primary N) is 1. The first-order valence-corrected chi connectivity index (χ1v) is 7.09. The molecule has 2 heteroatoms. The van der Waals surface area contributed by atoms with Crippen LogP contribution in [-0.2, 0) is 12.8 Å². The van der Waals surface area contributed by atoms with Crippen molar-refractivity contribution in [2.24, 2.45) is 0 Å². The van der Waals surface area contributed by atoms with Gasteiger partial charge in [0.1, 0.15) is 0 Å². The summed E-state index contributed by atoms with van der Waals surface area (Å²) >= 11 is 0. The molecule has 2 aromatic carbocycles. The Bertz CT molecular complexity index is 644. The van der Waals surface area contributed by atoms with E-state index in [1.807, 2.05) is 31.2 Å². The molecular formula is C18H21NO. The zero-order chi connectivity index (χ0) is 14.7. The molecule has 2 aromatic rings. The zero-order valence-corrected chi connectivity index (χ0v) is 12.4. The molecule has 0 spiro atoms. The van der Waals surface area contributed by atoms with Crippen LogP contribution in [0.5, 0.6) is 0 Å². The molecule has 2 nitrogen and oxygen atoms in total. The van der Waals surface area contributed by atoms with Gasteiger partial charge in [0, 0.05) is 16.8 Å². The standard InChI is InChI=1S/C18H21NO/c1-4-13-6-7-15(11-14(13)5-2)18(20)17-9-8-16(19)10-12(17)3/h6-11H,4-5,19H2,1-3H3. The molecule has 2 N–H and O–H groups in total. The molecule has 0 aliphatic rings. The predicted molar refractivity (Wildman–Crippen MR) is 84.2 cm³/mol. The average Bonchev–Trinajstić information content (AvgIpc) is 2.45. The second-order valence-electron chi connectivity index (χ2n) is 5.09. The van der Waals surface area contributed by atoms with E-state index in [9.17, 15) is 4.79 Å². The summed E-state index contributed by atoms with van der Waals surface area (Å²) in [5, 5.41) is 0. The van der Waals surface area contributed by atoms with Crippen LogP contribution >= 0.6 is 0 Å². The van der Waals surface area contributed by atoms with Crippen LogP contribution in [0.25, 0.3) is 0 Å². The first kappa shape index (κ1) is 14.3. The van der Waals surface area contributed by atoms with Gasteiger partial charge in [0.05, 0.1) is 0 Å². The van der Waals surface area contributed by atoms with E-state index in [-0.39, 0.29) is 5.78 Å². The number of anilines is 1. The van der Waals surface area contributed by atoms with E-state index in [4.69, 9.17) is 5.73 Å². The molecule has 0 radical (unpaired) electrons. The largest absolute Gasteiger partial charge is 0.399 e. The van der Waals surface area contributed by atoms with Crippen LogP contribution in [0.2, 0.25) is 0 Å². The molecule has 0 heterocycles. The number of hydrogen-bond donors (Lipinski definition) is 1. The third kappa shape index (κ3) is 2.74. The van der Waals surface area contributed by atoms with Gasteiger partial charge in [-0.15, -0.1) is 0 Å². The number of carbonyl (C=O) groups excluding carboxylic acids is 1. The number of rotatable bonds is 4. The molecule has 104 valence electrons. The molecular weight excluding hydrogens is 246 g/mol. The lowest BCUT2D eigenvalue weighted by molar-refractivity contribution is 0.103. The van der Waals surface area contributed by atoms with Crippen molar-refractivity contribution in [2.75, 3.05) is 5.73 Å². The van der Waals surface area contributed by atoms with Crippen molar-refractivity contribution in [3.63, 3.8) is 0 Å². The molecule has 0 aliphatic heterocycles. The average molecular weight is 267 g/mol. The van der Waals surface area contributed by atoms with E-state index in [1.54, 1.807) is 6.07 Å². The Kier molecular flexibility index (Phi) is 4.23. The molecule has 0 aliphatic carbocycles. The molecule has 0 unspecified atom stereocenters. The number of carbonyl (C=O) groups is 1. The second-order valence-corrected chi connectivity index (χ2v) is 5.09. The third-order valence-electron chi connectivity index (χ3n) is 3.73. The van der Waals surface area contributed by atoms with Crippen LogP contribution in [-0.4, -0.2) is 5.78 Å². The molecule has 20 heavy (non-hydrogen) atoms. The van der Waals surface area contributed by atoms with Gasteiger partial charge in [0.15, 0.2) is 5.78 Å². The Balaban J connectivity index is 2.43. The number of ketones is 1. The van der Waals surface area contributed by atoms with Crippen LogP contribution in [0, 0.1) is 6.92 Å². The highest BCUT2D eigenvalue weighted by Crippen LogP contribution is 2.20. The number of hydrogen-bond acceptors (Lipinski definition) is 2. The second kappa shape index (κ2) is 5.91. The van der Waals surface area contributed by atoms with Gasteiger partial charge in [-0.2, -0.15) is 0 Å². The van der Waals surface area contributed by atoms with Crippen LogP contribution in [0.3, 0.4) is 0 Å². The van der Waals surface area contributed by atoms with Crippen molar-refractivity contribution in [3.05, 3.63) is 64.2 Å². The SMILES string of the molecule is CCc1ccc(C(=O)c2ccc(N)cc2C)cc1CC. The molecule has 0 saturated carbocycles. The molecule has 0 atom stereocenters. The summed E-state index contributed by atoms with van der Waals surface area (Å²) in [6.07, 6.45) is 1.95. The van der Waals surface area contributed by atoms with E-state index in [0.717, 1.165) is 29.5 Å². The summed E-state index contributed by atoms with van der Waals surface area (Å²) in [4.78, 5) is 12.6. The maximum absolute atomic E-state index is 12.6. The van der Waals surface area contributed by atoms with E-state index >= 15 is 0 Å². The topological polar surface area (TPSA) is 43.1 Å². The summed E-state index contributed by atoms with van der Waals surface area (Å²) in [7, 11) is 0. The lowest BCUT2D eigenvalue weighted by Gasteiger charge is -2.10. The Hall–Kier alpha value is -2.09. The maximum atomic E-state index is 12.6. The van der Waals surface area contributed by atoms with Crippen LogP contribution in [0.4, 0.5) is 5.69 Å². The summed E-state index contributed by atoms with van der Waals surface area (Å²) in [5.41, 5.74) is 11.4. The van der Waals surface area contributed by atoms with E-state index in [0.29, 0.717) is 5.69 Å². The fourth-order valence-electron chi connectivity index (χ4n) is 2.54. The molecule has 0 saturated heterocycles. The van der Waals surface area contributed by atoms with Crippen molar-refractivity contribution in [2.45, 2.75) is 33.6 Å². The minimum Gasteiger partial charge on any atom is -0.399 e. The van der Waals surface area contributed by atoms with E-state index in [2.05, 4.69) is 19.9 Å². The Morgan fingerprint density at radius 2 is 1.70 bits per heavy atom. The highest BCUT2D eigenvalue weighted by molar-refractivity contribution is 6.10. The van der Waals surface area contributed by atoms with Gasteiger partial charge in [-0.25, -0.2) is 0 Å². The minimum absolute atomic E-state index is 0.0693. The van der Waals surface area contributed by atoms with Crippen molar-refractivity contribution in [3.8, 4) is 0 Å². The zero-order valence-electron chi connectivity index (χ0n) is 12.4. The smallest absolute Gasteiger partial charge is 0.193 e. The number of benzene rings is 2. The number of nitrogen functional groups attached to an aromatic ring is 1. The Labute approximate surface area is 120 Å². The van der Waals surface area contributed by atoms with E-state index < -0.39 is 0 Å². The normalized spacial score (nSPS) is 10.6. The third-order valence-corrected chi connectivity index (χ3v) is 3.73. The van der Waals surface area contributed by atoms with Crippen molar-refractivity contribution in [1.29, 1.82) is 0 Å². The molecule has 0 amide bonds. The first-order valence-electron chi connectivity index (χ1n) is 7.09. The van der Waals surface area contributed by atoms with Gasteiger partial charge < -0.3 is 5.73 Å². The van der Waals surface area contributed by atoms with Crippen LogP contribution in [0.1, 0.15) is 46.5 Å². The lowest BCUT2D eigenvalue weighted by atomic mass is 9.94. The summed E-state index contributed by atoms with van der Waals surface area (Å²) in [5.74, 6) is 0.0693. The molecule has 0 aromatic heterocycles. The summed E-state index contributed by atoms with van der Waals surface area (Å²) in [6.45, 7) is 6.18. The highest BCUT2D eigenvalue weighted by Gasteiger charge is 2.13. The van der Waals surface area contributed by atoms with Gasteiger partial charge in [0.25, 0.3) is 0 Å². The van der Waals surface area contributed by atoms with Crippen molar-refractivity contribution in [1.82, 2.24) is 0 Å². The number of aryl methyl sites for hydroxylation is 3. The van der Waals surface area contributed by atoms with Gasteiger partial charge >= 0.3 is 0 Å². The van der Waals surface area contributed by atoms with Gasteiger partial charge in [-0.05, 0) is 60.7 Å². The lowest BCUT2D eigenvalue weighted by Crippen LogP contribution is -2.06. The summed E-state index contributed by atoms with van der Waals surface area (Å²) < 4.78 is 0. The predicted octanol–water partition coefficient (Wildman–Crippen LogP) is 3.93. The van der Waals surface area contributed by atoms with Crippen LogP contribution < -0.4 is 5.73 Å². The highest BCUT2D eigenvalue weighted by atomic mass is 16.1. The van der Waals surface area contributed by atoms with Gasteiger partial charge in [-0.3, -0.25) is 4.79 Å². The Morgan fingerprint density at radius 1 is 1.00 bits per heavy atom. The van der Waals surface area contributed by atoms with Crippen LogP contribution in [0.15, 0.2) is 36.4 Å². The van der Waals surface area contributed by atoms with Crippen molar-refractivity contribution < 1.29 is 4.79 Å². The first-order chi connectivity index (χ1) is 9.56.